The Hall–Kier alpha value is -2.37. The van der Waals surface area contributed by atoms with Crippen molar-refractivity contribution in [2.45, 2.75) is 19.0 Å². The number of hydrogen-bond acceptors (Lipinski definition) is 4. The summed E-state index contributed by atoms with van der Waals surface area (Å²) >= 11 is 0. The molecule has 2 heterocycles. The minimum Gasteiger partial charge on any atom is -0.493 e. The highest BCUT2D eigenvalue weighted by Gasteiger charge is 2.38. The summed E-state index contributed by atoms with van der Waals surface area (Å²) in [6.45, 7) is 6.12. The van der Waals surface area contributed by atoms with E-state index in [4.69, 9.17) is 9.47 Å². The van der Waals surface area contributed by atoms with Crippen LogP contribution in [0, 0.1) is 0 Å². The first-order chi connectivity index (χ1) is 13.3. The van der Waals surface area contributed by atoms with Crippen LogP contribution in [0.4, 0.5) is 0 Å². The van der Waals surface area contributed by atoms with Crippen LogP contribution in [0.5, 0.6) is 5.75 Å². The van der Waals surface area contributed by atoms with Crippen molar-refractivity contribution < 1.29 is 14.3 Å². The molecule has 142 valence electrons. The lowest BCUT2D eigenvalue weighted by molar-refractivity contribution is -0.0770. The third kappa shape index (κ3) is 3.70. The van der Waals surface area contributed by atoms with Crippen molar-refractivity contribution in [1.29, 1.82) is 0 Å². The molecule has 0 radical (unpaired) electrons. The fourth-order valence-electron chi connectivity index (χ4n) is 4.08. The molecule has 2 saturated heterocycles. The Kier molecular flexibility index (Phi) is 5.41. The van der Waals surface area contributed by atoms with Crippen LogP contribution in [-0.2, 0) is 4.74 Å². The molecule has 1 amide bonds. The second-order valence-electron chi connectivity index (χ2n) is 7.04. The molecule has 0 spiro atoms. The zero-order chi connectivity index (χ0) is 18.6. The van der Waals surface area contributed by atoms with Crippen molar-refractivity contribution in [3.05, 3.63) is 65.7 Å². The van der Waals surface area contributed by atoms with Crippen LogP contribution < -0.4 is 4.74 Å². The third-order valence-corrected chi connectivity index (χ3v) is 5.40. The van der Waals surface area contributed by atoms with E-state index >= 15 is 0 Å². The normalized spacial score (nSPS) is 22.9. The minimum atomic E-state index is 0.0422. The number of carbonyl (C=O) groups is 1. The van der Waals surface area contributed by atoms with E-state index in [1.807, 2.05) is 42.2 Å². The lowest BCUT2D eigenvalue weighted by atomic mass is 10.00. The molecule has 2 atom stereocenters. The molecule has 4 rings (SSSR count). The number of benzene rings is 2. The second-order valence-corrected chi connectivity index (χ2v) is 7.04. The number of piperazine rings is 1. The number of carbonyl (C=O) groups excluding carboxylic acids is 1. The van der Waals surface area contributed by atoms with Crippen molar-refractivity contribution in [2.75, 3.05) is 39.5 Å². The number of morpholine rings is 1. The average molecular weight is 366 g/mol. The third-order valence-electron chi connectivity index (χ3n) is 5.40. The van der Waals surface area contributed by atoms with Crippen molar-refractivity contribution in [3.63, 3.8) is 0 Å². The van der Waals surface area contributed by atoms with Crippen molar-refractivity contribution in [3.8, 4) is 5.75 Å². The van der Waals surface area contributed by atoms with Gasteiger partial charge in [0, 0.05) is 19.6 Å². The molecule has 0 bridgehead atoms. The largest absolute Gasteiger partial charge is 0.493 e. The monoisotopic (exact) mass is 366 g/mol. The fourth-order valence-corrected chi connectivity index (χ4v) is 4.08. The van der Waals surface area contributed by atoms with E-state index in [0.717, 1.165) is 13.1 Å². The number of hydrogen-bond donors (Lipinski definition) is 0. The Morgan fingerprint density at radius 1 is 1.07 bits per heavy atom. The number of ether oxygens (including phenoxy) is 2. The van der Waals surface area contributed by atoms with Gasteiger partial charge in [-0.2, -0.15) is 0 Å². The average Bonchev–Trinajstić information content (AvgIpc) is 2.73. The predicted octanol–water partition coefficient (Wildman–Crippen LogP) is 2.98. The molecule has 27 heavy (non-hydrogen) atoms. The van der Waals surface area contributed by atoms with E-state index in [2.05, 4.69) is 29.2 Å². The summed E-state index contributed by atoms with van der Waals surface area (Å²) in [6, 6.07) is 18.5. The summed E-state index contributed by atoms with van der Waals surface area (Å²) < 4.78 is 11.5. The minimum absolute atomic E-state index is 0.0422. The molecule has 0 unspecified atom stereocenters. The van der Waals surface area contributed by atoms with Gasteiger partial charge in [0.15, 0.2) is 0 Å². The molecule has 0 aromatic heterocycles. The Balaban J connectivity index is 1.49. The SMILES string of the molecule is CCOc1ccccc1C(=O)N1CCN2[C@@H](COC[C@@H]2c2ccccc2)C1. The van der Waals surface area contributed by atoms with Crippen LogP contribution in [0.2, 0.25) is 0 Å². The number of para-hydroxylation sites is 1. The van der Waals surface area contributed by atoms with Crippen LogP contribution in [0.25, 0.3) is 0 Å². The Bertz CT molecular complexity index is 780. The Labute approximate surface area is 160 Å². The van der Waals surface area contributed by atoms with E-state index < -0.39 is 0 Å². The first-order valence-corrected chi connectivity index (χ1v) is 9.67. The first kappa shape index (κ1) is 18.0. The van der Waals surface area contributed by atoms with E-state index in [0.29, 0.717) is 37.7 Å². The van der Waals surface area contributed by atoms with E-state index in [1.165, 1.54) is 5.56 Å². The highest BCUT2D eigenvalue weighted by atomic mass is 16.5. The fraction of sp³-hybridized carbons (Fsp3) is 0.409. The van der Waals surface area contributed by atoms with Gasteiger partial charge < -0.3 is 14.4 Å². The van der Waals surface area contributed by atoms with Gasteiger partial charge in [-0.15, -0.1) is 0 Å². The van der Waals surface area contributed by atoms with Crippen LogP contribution in [0.15, 0.2) is 54.6 Å². The summed E-state index contributed by atoms with van der Waals surface area (Å²) in [5, 5.41) is 0. The van der Waals surface area contributed by atoms with Crippen molar-refractivity contribution in [1.82, 2.24) is 9.80 Å². The highest BCUT2D eigenvalue weighted by molar-refractivity contribution is 5.97. The lowest BCUT2D eigenvalue weighted by Crippen LogP contribution is -2.60. The van der Waals surface area contributed by atoms with Gasteiger partial charge >= 0.3 is 0 Å². The van der Waals surface area contributed by atoms with E-state index in [-0.39, 0.29) is 18.0 Å². The maximum Gasteiger partial charge on any atom is 0.257 e. The van der Waals surface area contributed by atoms with Gasteiger partial charge in [0.1, 0.15) is 5.75 Å². The zero-order valence-electron chi connectivity index (χ0n) is 15.7. The standard InChI is InChI=1S/C22H26N2O3/c1-2-27-21-11-7-6-10-19(21)22(25)23-12-13-24-18(14-23)15-26-16-20(24)17-8-4-3-5-9-17/h3-11,18,20H,2,12-16H2,1H3/t18-,20-/m1/s1. The summed E-state index contributed by atoms with van der Waals surface area (Å²) in [5.74, 6) is 0.704. The summed E-state index contributed by atoms with van der Waals surface area (Å²) in [4.78, 5) is 17.5. The van der Waals surface area contributed by atoms with Crippen LogP contribution in [-0.4, -0.2) is 61.2 Å². The molecule has 2 aliphatic heterocycles. The molecule has 2 fully saturated rings. The summed E-state index contributed by atoms with van der Waals surface area (Å²) in [7, 11) is 0. The smallest absolute Gasteiger partial charge is 0.257 e. The van der Waals surface area contributed by atoms with Gasteiger partial charge in [-0.1, -0.05) is 42.5 Å². The van der Waals surface area contributed by atoms with Gasteiger partial charge in [-0.3, -0.25) is 9.69 Å². The highest BCUT2D eigenvalue weighted by Crippen LogP contribution is 2.30. The van der Waals surface area contributed by atoms with Crippen LogP contribution in [0.3, 0.4) is 0 Å². The van der Waals surface area contributed by atoms with Gasteiger partial charge in [0.2, 0.25) is 0 Å². The summed E-state index contributed by atoms with van der Waals surface area (Å²) in [5.41, 5.74) is 1.92. The maximum atomic E-state index is 13.1. The van der Waals surface area contributed by atoms with E-state index in [9.17, 15) is 4.79 Å². The maximum absolute atomic E-state index is 13.1. The Morgan fingerprint density at radius 3 is 2.67 bits per heavy atom. The molecule has 5 nitrogen and oxygen atoms in total. The van der Waals surface area contributed by atoms with Gasteiger partial charge in [-0.25, -0.2) is 0 Å². The quantitative estimate of drug-likeness (QED) is 0.834. The lowest BCUT2D eigenvalue weighted by Gasteiger charge is -2.48. The van der Waals surface area contributed by atoms with Gasteiger partial charge in [-0.05, 0) is 24.6 Å². The van der Waals surface area contributed by atoms with Crippen molar-refractivity contribution in [2.24, 2.45) is 0 Å². The first-order valence-electron chi connectivity index (χ1n) is 9.67. The molecule has 0 N–H and O–H groups in total. The molecule has 5 heteroatoms. The Morgan fingerprint density at radius 2 is 1.85 bits per heavy atom. The topological polar surface area (TPSA) is 42.0 Å². The van der Waals surface area contributed by atoms with Gasteiger partial charge in [0.25, 0.3) is 5.91 Å². The van der Waals surface area contributed by atoms with Crippen LogP contribution in [0.1, 0.15) is 28.9 Å². The molecular formula is C22H26N2O3. The van der Waals surface area contributed by atoms with Crippen LogP contribution >= 0.6 is 0 Å². The molecule has 0 aliphatic carbocycles. The molecular weight excluding hydrogens is 340 g/mol. The number of nitrogens with zero attached hydrogens (tertiary/aromatic N) is 2. The van der Waals surface area contributed by atoms with Gasteiger partial charge in [0.05, 0.1) is 37.5 Å². The second kappa shape index (κ2) is 8.11. The number of amides is 1. The van der Waals surface area contributed by atoms with E-state index in [1.54, 1.807) is 0 Å². The molecule has 2 aromatic carbocycles. The predicted molar refractivity (Wildman–Crippen MR) is 104 cm³/mol. The molecule has 0 saturated carbocycles. The zero-order valence-corrected chi connectivity index (χ0v) is 15.7. The molecule has 2 aliphatic rings. The molecule has 2 aromatic rings. The van der Waals surface area contributed by atoms with Crippen molar-refractivity contribution >= 4 is 5.91 Å². The number of fused-ring (bicyclic) bond motifs is 1. The number of rotatable bonds is 4. The summed E-state index contributed by atoms with van der Waals surface area (Å²) in [6.07, 6.45) is 0.